The van der Waals surface area contributed by atoms with Crippen LogP contribution in [-0.4, -0.2) is 24.1 Å². The van der Waals surface area contributed by atoms with Crippen molar-refractivity contribution in [2.75, 3.05) is 16.3 Å². The summed E-state index contributed by atoms with van der Waals surface area (Å²) in [6.07, 6.45) is -0.0389. The molecule has 5 heteroatoms. The van der Waals surface area contributed by atoms with E-state index >= 15 is 0 Å². The molecule has 2 aromatic rings. The van der Waals surface area contributed by atoms with Crippen LogP contribution in [0.4, 0.5) is 16.2 Å². The van der Waals surface area contributed by atoms with Crippen LogP contribution in [0.3, 0.4) is 0 Å². The van der Waals surface area contributed by atoms with Crippen LogP contribution in [0.5, 0.6) is 0 Å². The van der Waals surface area contributed by atoms with Crippen LogP contribution < -0.4 is 9.80 Å². The molecule has 2 aliphatic heterocycles. The zero-order chi connectivity index (χ0) is 19.4. The molecule has 2 aliphatic rings. The molecule has 0 saturated heterocycles. The zero-order valence-corrected chi connectivity index (χ0v) is 16.2. The molecule has 1 spiro atoms. The first-order valence-corrected chi connectivity index (χ1v) is 9.32. The summed E-state index contributed by atoms with van der Waals surface area (Å²) >= 11 is 0. The van der Waals surface area contributed by atoms with Crippen molar-refractivity contribution in [1.82, 2.24) is 0 Å². The maximum absolute atomic E-state index is 13.6. The number of para-hydroxylation sites is 2. The summed E-state index contributed by atoms with van der Waals surface area (Å²) in [7, 11) is 0. The van der Waals surface area contributed by atoms with Gasteiger partial charge in [-0.05, 0) is 45.4 Å². The summed E-state index contributed by atoms with van der Waals surface area (Å²) < 4.78 is 5.71. The lowest BCUT2D eigenvalue weighted by Crippen LogP contribution is -2.55. The van der Waals surface area contributed by atoms with Gasteiger partial charge in [-0.15, -0.1) is 0 Å². The highest BCUT2D eigenvalue weighted by Crippen LogP contribution is 2.53. The van der Waals surface area contributed by atoms with E-state index in [9.17, 15) is 9.59 Å². The molecule has 2 aromatic carbocycles. The monoisotopic (exact) mass is 364 g/mol. The third-order valence-corrected chi connectivity index (χ3v) is 5.19. The summed E-state index contributed by atoms with van der Waals surface area (Å²) in [6.45, 7) is 8.01. The Morgan fingerprint density at radius 1 is 1.07 bits per heavy atom. The number of carbonyl (C=O) groups excluding carboxylic acids is 2. The summed E-state index contributed by atoms with van der Waals surface area (Å²) in [5, 5.41) is 0. The number of carbonyl (C=O) groups is 2. The standard InChI is InChI=1S/C22H24N2O3/c1-5-23-18-13-9-7-11-16(18)22(19(23)25)14-15-10-6-8-12-17(15)24(22)20(26)27-21(2,3)4/h6-13H,5,14H2,1-4H3. The van der Waals surface area contributed by atoms with Crippen molar-refractivity contribution in [3.8, 4) is 0 Å². The van der Waals surface area contributed by atoms with Crippen LogP contribution in [0.1, 0.15) is 38.8 Å². The lowest BCUT2D eigenvalue weighted by atomic mass is 9.87. The topological polar surface area (TPSA) is 49.9 Å². The fraction of sp³-hybridized carbons (Fsp3) is 0.364. The number of hydrogen-bond donors (Lipinski definition) is 0. The Balaban J connectivity index is 1.94. The highest BCUT2D eigenvalue weighted by molar-refractivity contribution is 6.15. The fourth-order valence-electron chi connectivity index (χ4n) is 4.21. The van der Waals surface area contributed by atoms with Gasteiger partial charge >= 0.3 is 6.09 Å². The minimum absolute atomic E-state index is 0.0757. The number of fused-ring (bicyclic) bond motifs is 3. The first-order valence-electron chi connectivity index (χ1n) is 9.32. The van der Waals surface area contributed by atoms with E-state index in [-0.39, 0.29) is 5.91 Å². The molecule has 4 rings (SSSR count). The molecule has 2 heterocycles. The van der Waals surface area contributed by atoms with Gasteiger partial charge in [-0.25, -0.2) is 4.79 Å². The first-order chi connectivity index (χ1) is 12.8. The lowest BCUT2D eigenvalue weighted by Gasteiger charge is -2.35. The van der Waals surface area contributed by atoms with Gasteiger partial charge in [0.25, 0.3) is 5.91 Å². The van der Waals surface area contributed by atoms with E-state index in [4.69, 9.17) is 4.74 Å². The molecule has 0 bridgehead atoms. The van der Waals surface area contributed by atoms with Gasteiger partial charge in [0, 0.05) is 24.2 Å². The van der Waals surface area contributed by atoms with Crippen LogP contribution in [0.25, 0.3) is 0 Å². The molecule has 0 saturated carbocycles. The maximum atomic E-state index is 13.6. The molecule has 0 aromatic heterocycles. The van der Waals surface area contributed by atoms with E-state index in [0.717, 1.165) is 22.5 Å². The Kier molecular flexibility index (Phi) is 3.81. The molecule has 0 radical (unpaired) electrons. The Morgan fingerprint density at radius 3 is 2.37 bits per heavy atom. The summed E-state index contributed by atoms with van der Waals surface area (Å²) in [5.74, 6) is -0.0757. The van der Waals surface area contributed by atoms with Gasteiger partial charge in [0.1, 0.15) is 5.60 Å². The van der Waals surface area contributed by atoms with E-state index in [1.807, 2.05) is 76.2 Å². The third-order valence-electron chi connectivity index (χ3n) is 5.19. The van der Waals surface area contributed by atoms with Gasteiger partial charge in [0.05, 0.1) is 5.69 Å². The largest absolute Gasteiger partial charge is 0.443 e. The van der Waals surface area contributed by atoms with E-state index in [0.29, 0.717) is 13.0 Å². The summed E-state index contributed by atoms with van der Waals surface area (Å²) in [6, 6.07) is 15.4. The van der Waals surface area contributed by atoms with Gasteiger partial charge < -0.3 is 9.64 Å². The van der Waals surface area contributed by atoms with Crippen molar-refractivity contribution in [3.63, 3.8) is 0 Å². The number of benzene rings is 2. The van der Waals surface area contributed by atoms with Crippen molar-refractivity contribution in [1.29, 1.82) is 0 Å². The minimum atomic E-state index is -1.08. The van der Waals surface area contributed by atoms with Crippen LogP contribution in [0.2, 0.25) is 0 Å². The van der Waals surface area contributed by atoms with Crippen LogP contribution >= 0.6 is 0 Å². The smallest absolute Gasteiger partial charge is 0.416 e. The van der Waals surface area contributed by atoms with Crippen LogP contribution in [0, 0.1) is 0 Å². The van der Waals surface area contributed by atoms with E-state index in [1.54, 1.807) is 9.80 Å². The van der Waals surface area contributed by atoms with E-state index in [1.165, 1.54) is 0 Å². The second-order valence-electron chi connectivity index (χ2n) is 8.05. The molecule has 140 valence electrons. The average Bonchev–Trinajstić information content (AvgIpc) is 3.07. The molecule has 0 N–H and O–H groups in total. The van der Waals surface area contributed by atoms with Gasteiger partial charge in [0.2, 0.25) is 0 Å². The number of ether oxygens (including phenoxy) is 1. The molecule has 1 unspecified atom stereocenters. The molecule has 0 fully saturated rings. The SMILES string of the molecule is CCN1C(=O)C2(Cc3ccccc3N2C(=O)OC(C)(C)C)c2ccccc21. The quantitative estimate of drug-likeness (QED) is 0.760. The highest BCUT2D eigenvalue weighted by Gasteiger charge is 2.60. The molecule has 5 nitrogen and oxygen atoms in total. The highest BCUT2D eigenvalue weighted by atomic mass is 16.6. The van der Waals surface area contributed by atoms with E-state index in [2.05, 4.69) is 0 Å². The first kappa shape index (κ1) is 17.6. The van der Waals surface area contributed by atoms with Gasteiger partial charge in [0.15, 0.2) is 5.54 Å². The molecular weight excluding hydrogens is 340 g/mol. The fourth-order valence-corrected chi connectivity index (χ4v) is 4.21. The Labute approximate surface area is 159 Å². The maximum Gasteiger partial charge on any atom is 0.416 e. The molecule has 27 heavy (non-hydrogen) atoms. The van der Waals surface area contributed by atoms with Crippen LogP contribution in [-0.2, 0) is 21.5 Å². The minimum Gasteiger partial charge on any atom is -0.443 e. The molecule has 1 atom stereocenters. The Hall–Kier alpha value is -2.82. The number of anilines is 2. The predicted molar refractivity (Wildman–Crippen MR) is 105 cm³/mol. The van der Waals surface area contributed by atoms with Crippen molar-refractivity contribution < 1.29 is 14.3 Å². The molecule has 0 aliphatic carbocycles. The number of rotatable bonds is 1. The normalized spacial score (nSPS) is 20.8. The lowest BCUT2D eigenvalue weighted by molar-refractivity contribution is -0.123. The number of likely N-dealkylation sites (N-methyl/N-ethyl adjacent to an activating group) is 1. The Bertz CT molecular complexity index is 931. The second-order valence-corrected chi connectivity index (χ2v) is 8.05. The summed E-state index contributed by atoms with van der Waals surface area (Å²) in [5.41, 5.74) is 1.71. The average molecular weight is 364 g/mol. The van der Waals surface area contributed by atoms with Crippen molar-refractivity contribution in [2.45, 2.75) is 45.3 Å². The summed E-state index contributed by atoms with van der Waals surface area (Å²) in [4.78, 5) is 30.2. The predicted octanol–water partition coefficient (Wildman–Crippen LogP) is 4.25. The van der Waals surface area contributed by atoms with Gasteiger partial charge in [-0.3, -0.25) is 9.69 Å². The van der Waals surface area contributed by atoms with Crippen molar-refractivity contribution in [2.24, 2.45) is 0 Å². The van der Waals surface area contributed by atoms with E-state index < -0.39 is 17.2 Å². The van der Waals surface area contributed by atoms with Gasteiger partial charge in [-0.2, -0.15) is 0 Å². The third kappa shape index (κ3) is 2.45. The molecule has 2 amide bonds. The zero-order valence-electron chi connectivity index (χ0n) is 16.2. The van der Waals surface area contributed by atoms with Crippen LogP contribution in [0.15, 0.2) is 48.5 Å². The molecular formula is C22H24N2O3. The van der Waals surface area contributed by atoms with Crippen molar-refractivity contribution in [3.05, 3.63) is 59.7 Å². The van der Waals surface area contributed by atoms with Crippen molar-refractivity contribution >= 4 is 23.4 Å². The number of amides is 2. The number of nitrogens with zero attached hydrogens (tertiary/aromatic N) is 2. The van der Waals surface area contributed by atoms with Gasteiger partial charge in [-0.1, -0.05) is 36.4 Å². The second kappa shape index (κ2) is 5.84. The Morgan fingerprint density at radius 2 is 1.70 bits per heavy atom. The number of hydrogen-bond acceptors (Lipinski definition) is 3.